The van der Waals surface area contributed by atoms with Gasteiger partial charge in [-0.1, -0.05) is 42.5 Å². The summed E-state index contributed by atoms with van der Waals surface area (Å²) in [5.41, 5.74) is 6.15. The number of fused-ring (bicyclic) bond motifs is 2. The molecule has 102 valence electrons. The number of rotatable bonds is 1. The van der Waals surface area contributed by atoms with Crippen LogP contribution in [0.25, 0.3) is 0 Å². The minimum Gasteiger partial charge on any atom is -0.368 e. The van der Waals surface area contributed by atoms with E-state index < -0.39 is 0 Å². The van der Waals surface area contributed by atoms with Crippen molar-refractivity contribution in [3.63, 3.8) is 0 Å². The van der Waals surface area contributed by atoms with Crippen molar-refractivity contribution in [3.05, 3.63) is 65.2 Å². The summed E-state index contributed by atoms with van der Waals surface area (Å²) >= 11 is 0. The van der Waals surface area contributed by atoms with E-state index in [1.54, 1.807) is 11.1 Å². The largest absolute Gasteiger partial charge is 0.368 e. The van der Waals surface area contributed by atoms with Crippen LogP contribution in [-0.2, 0) is 19.3 Å². The molecule has 2 aromatic carbocycles. The summed E-state index contributed by atoms with van der Waals surface area (Å²) in [5.74, 6) is 0. The lowest BCUT2D eigenvalue weighted by molar-refractivity contribution is 0.504. The van der Waals surface area contributed by atoms with Crippen LogP contribution in [0.15, 0.2) is 48.5 Å². The van der Waals surface area contributed by atoms with Crippen LogP contribution in [0, 0.1) is 0 Å². The molecule has 1 aliphatic heterocycles. The predicted octanol–water partition coefficient (Wildman–Crippen LogP) is 4.00. The van der Waals surface area contributed by atoms with E-state index >= 15 is 0 Å². The van der Waals surface area contributed by atoms with Gasteiger partial charge in [-0.05, 0) is 54.9 Å². The molecule has 20 heavy (non-hydrogen) atoms. The summed E-state index contributed by atoms with van der Waals surface area (Å²) < 4.78 is 0. The van der Waals surface area contributed by atoms with Crippen molar-refractivity contribution < 1.29 is 0 Å². The van der Waals surface area contributed by atoms with Gasteiger partial charge >= 0.3 is 0 Å². The molecular weight excluding hydrogens is 242 g/mol. The standard InChI is InChI=1S/C19H21N/c1-2-8-17-14-18(12-11-15(17)6-1)20-13-5-9-16-7-3-4-10-19(16)20/h1-4,6-8,10,18H,5,9,11-14H2. The number of anilines is 1. The van der Waals surface area contributed by atoms with Crippen LogP contribution in [0.5, 0.6) is 0 Å². The second kappa shape index (κ2) is 4.97. The molecular formula is C19H21N. The van der Waals surface area contributed by atoms with Gasteiger partial charge in [0.15, 0.2) is 0 Å². The third-order valence-electron chi connectivity index (χ3n) is 4.91. The predicted molar refractivity (Wildman–Crippen MR) is 84.4 cm³/mol. The second-order valence-electron chi connectivity index (χ2n) is 6.09. The van der Waals surface area contributed by atoms with Gasteiger partial charge in [-0.2, -0.15) is 0 Å². The molecule has 0 bridgehead atoms. The zero-order valence-corrected chi connectivity index (χ0v) is 11.9. The molecule has 0 radical (unpaired) electrons. The van der Waals surface area contributed by atoms with Crippen molar-refractivity contribution in [1.29, 1.82) is 0 Å². The van der Waals surface area contributed by atoms with Gasteiger partial charge < -0.3 is 4.90 Å². The van der Waals surface area contributed by atoms with Crippen molar-refractivity contribution in [2.45, 2.75) is 38.1 Å². The highest BCUT2D eigenvalue weighted by molar-refractivity contribution is 5.56. The van der Waals surface area contributed by atoms with Gasteiger partial charge in [-0.25, -0.2) is 0 Å². The molecule has 2 aromatic rings. The SMILES string of the molecule is c1ccc2c(c1)CCC(N1CCCc3ccccc31)C2. The first kappa shape index (κ1) is 12.0. The third kappa shape index (κ3) is 2.02. The van der Waals surface area contributed by atoms with Crippen molar-refractivity contribution in [2.75, 3.05) is 11.4 Å². The molecule has 1 aliphatic carbocycles. The summed E-state index contributed by atoms with van der Waals surface area (Å²) in [5, 5.41) is 0. The normalized spacial score (nSPS) is 21.2. The topological polar surface area (TPSA) is 3.24 Å². The Bertz CT molecular complexity index is 617. The lowest BCUT2D eigenvalue weighted by atomic mass is 9.86. The van der Waals surface area contributed by atoms with Gasteiger partial charge in [0.2, 0.25) is 0 Å². The zero-order valence-electron chi connectivity index (χ0n) is 11.9. The van der Waals surface area contributed by atoms with E-state index in [1.807, 2.05) is 0 Å². The van der Waals surface area contributed by atoms with Gasteiger partial charge in [0.05, 0.1) is 0 Å². The number of hydrogen-bond donors (Lipinski definition) is 0. The lowest BCUT2D eigenvalue weighted by Crippen LogP contribution is -2.42. The summed E-state index contributed by atoms with van der Waals surface area (Å²) in [7, 11) is 0. The molecule has 1 atom stereocenters. The Labute approximate surface area is 121 Å². The average Bonchev–Trinajstić information content (AvgIpc) is 2.54. The molecule has 0 saturated heterocycles. The van der Waals surface area contributed by atoms with Gasteiger partial charge in [0.25, 0.3) is 0 Å². The average molecular weight is 263 g/mol. The van der Waals surface area contributed by atoms with Crippen LogP contribution < -0.4 is 4.90 Å². The van der Waals surface area contributed by atoms with E-state index in [2.05, 4.69) is 53.4 Å². The molecule has 1 unspecified atom stereocenters. The maximum atomic E-state index is 2.68. The van der Waals surface area contributed by atoms with Crippen molar-refractivity contribution in [3.8, 4) is 0 Å². The Balaban J connectivity index is 1.64. The highest BCUT2D eigenvalue weighted by Gasteiger charge is 2.27. The number of aryl methyl sites for hydroxylation is 2. The first-order valence-electron chi connectivity index (χ1n) is 7.83. The van der Waals surface area contributed by atoms with Gasteiger partial charge in [0.1, 0.15) is 0 Å². The first-order chi connectivity index (χ1) is 9.92. The lowest BCUT2D eigenvalue weighted by Gasteiger charge is -2.40. The highest BCUT2D eigenvalue weighted by atomic mass is 15.2. The van der Waals surface area contributed by atoms with Crippen LogP contribution in [-0.4, -0.2) is 12.6 Å². The zero-order chi connectivity index (χ0) is 13.4. The number of para-hydroxylation sites is 1. The highest BCUT2D eigenvalue weighted by Crippen LogP contribution is 2.33. The molecule has 2 aliphatic rings. The second-order valence-corrected chi connectivity index (χ2v) is 6.09. The molecule has 1 heteroatoms. The Hall–Kier alpha value is -1.76. The minimum atomic E-state index is 0.686. The van der Waals surface area contributed by atoms with E-state index in [1.165, 1.54) is 49.9 Å². The maximum Gasteiger partial charge on any atom is 0.0401 e. The van der Waals surface area contributed by atoms with Crippen molar-refractivity contribution >= 4 is 5.69 Å². The fraction of sp³-hybridized carbons (Fsp3) is 0.368. The van der Waals surface area contributed by atoms with Crippen LogP contribution in [0.2, 0.25) is 0 Å². The van der Waals surface area contributed by atoms with E-state index in [9.17, 15) is 0 Å². The van der Waals surface area contributed by atoms with E-state index in [0.717, 1.165) is 0 Å². The molecule has 0 N–H and O–H groups in total. The molecule has 4 rings (SSSR count). The molecule has 0 saturated carbocycles. The molecule has 1 nitrogen and oxygen atoms in total. The number of hydrogen-bond acceptors (Lipinski definition) is 1. The third-order valence-corrected chi connectivity index (χ3v) is 4.91. The van der Waals surface area contributed by atoms with Crippen LogP contribution in [0.3, 0.4) is 0 Å². The molecule has 0 spiro atoms. The molecule has 1 heterocycles. The van der Waals surface area contributed by atoms with E-state index in [4.69, 9.17) is 0 Å². The fourth-order valence-electron chi connectivity index (χ4n) is 3.89. The van der Waals surface area contributed by atoms with Crippen LogP contribution in [0.4, 0.5) is 5.69 Å². The summed E-state index contributed by atoms with van der Waals surface area (Å²) in [6.07, 6.45) is 6.29. The van der Waals surface area contributed by atoms with Crippen molar-refractivity contribution in [2.24, 2.45) is 0 Å². The summed E-state index contributed by atoms with van der Waals surface area (Å²) in [6.45, 7) is 1.23. The van der Waals surface area contributed by atoms with Crippen molar-refractivity contribution in [1.82, 2.24) is 0 Å². The number of benzene rings is 2. The van der Waals surface area contributed by atoms with Gasteiger partial charge in [-0.3, -0.25) is 0 Å². The first-order valence-corrected chi connectivity index (χ1v) is 7.83. The quantitative estimate of drug-likeness (QED) is 0.752. The Morgan fingerprint density at radius 1 is 0.800 bits per heavy atom. The molecule has 0 fully saturated rings. The Morgan fingerprint density at radius 2 is 1.55 bits per heavy atom. The van der Waals surface area contributed by atoms with Gasteiger partial charge in [0, 0.05) is 18.3 Å². The minimum absolute atomic E-state index is 0.686. The number of nitrogens with zero attached hydrogens (tertiary/aromatic N) is 1. The Morgan fingerprint density at radius 3 is 2.45 bits per heavy atom. The Kier molecular flexibility index (Phi) is 2.99. The summed E-state index contributed by atoms with van der Waals surface area (Å²) in [6, 6.07) is 18.7. The summed E-state index contributed by atoms with van der Waals surface area (Å²) in [4.78, 5) is 2.68. The fourth-order valence-corrected chi connectivity index (χ4v) is 3.89. The van der Waals surface area contributed by atoms with Crippen LogP contribution in [0.1, 0.15) is 29.5 Å². The molecule has 0 amide bonds. The van der Waals surface area contributed by atoms with Gasteiger partial charge in [-0.15, -0.1) is 0 Å². The molecule has 0 aromatic heterocycles. The van der Waals surface area contributed by atoms with Crippen LogP contribution >= 0.6 is 0 Å². The monoisotopic (exact) mass is 263 g/mol. The van der Waals surface area contributed by atoms with E-state index in [-0.39, 0.29) is 0 Å². The maximum absolute atomic E-state index is 2.68. The smallest absolute Gasteiger partial charge is 0.0401 e. The van der Waals surface area contributed by atoms with E-state index in [0.29, 0.717) is 6.04 Å².